The summed E-state index contributed by atoms with van der Waals surface area (Å²) < 4.78 is 5.16. The summed E-state index contributed by atoms with van der Waals surface area (Å²) in [6.07, 6.45) is 0.209. The highest BCUT2D eigenvalue weighted by molar-refractivity contribution is 5.36. The second-order valence-electron chi connectivity index (χ2n) is 2.63. The van der Waals surface area contributed by atoms with Crippen LogP contribution in [0.4, 0.5) is 0 Å². The summed E-state index contributed by atoms with van der Waals surface area (Å²) in [5.74, 6) is 0.859. The summed E-state index contributed by atoms with van der Waals surface area (Å²) >= 11 is 0. The van der Waals surface area contributed by atoms with Crippen molar-refractivity contribution in [1.29, 1.82) is 0 Å². The minimum absolute atomic E-state index is 0.454. The molecule has 1 aromatic carbocycles. The molecule has 1 aliphatic rings. The highest BCUT2D eigenvalue weighted by Crippen LogP contribution is 2.25. The highest BCUT2D eigenvalue weighted by atomic mass is 16.5. The maximum Gasteiger partial charge on any atom is 0.164 e. The quantitative estimate of drug-likeness (QED) is 0.599. The van der Waals surface area contributed by atoms with Gasteiger partial charge in [-0.15, -0.1) is 0 Å². The third-order valence-corrected chi connectivity index (χ3v) is 1.75. The lowest BCUT2D eigenvalue weighted by Gasteiger charge is -2.20. The molecule has 1 N–H and O–H groups in total. The first-order valence-electron chi connectivity index (χ1n) is 3.62. The molecule has 1 unspecified atom stereocenters. The molecule has 0 saturated carbocycles. The molecule has 1 aromatic rings. The Labute approximate surface area is 65.4 Å². The van der Waals surface area contributed by atoms with E-state index in [9.17, 15) is 5.11 Å². The van der Waals surface area contributed by atoms with Crippen LogP contribution in [0.2, 0.25) is 0 Å². The van der Waals surface area contributed by atoms with E-state index in [4.69, 9.17) is 4.74 Å². The van der Waals surface area contributed by atoms with E-state index in [2.05, 4.69) is 0 Å². The molecule has 2 rings (SSSR count). The summed E-state index contributed by atoms with van der Waals surface area (Å²) in [7, 11) is 0. The van der Waals surface area contributed by atoms with Crippen molar-refractivity contribution in [3.63, 3.8) is 0 Å². The van der Waals surface area contributed by atoms with Gasteiger partial charge in [-0.25, -0.2) is 0 Å². The first-order valence-corrected chi connectivity index (χ1v) is 3.62. The molecule has 1 radical (unpaired) electrons. The maximum atomic E-state index is 9.18. The molecule has 2 heteroatoms. The standard InChI is InChI=1S/C9H9O2/c10-8-5-7-3-1-2-4-9(7)11-6-8/h1-4,6,8,10H,5H2. The van der Waals surface area contributed by atoms with Gasteiger partial charge in [0.1, 0.15) is 5.75 Å². The Bertz CT molecular complexity index is 257. The predicted octanol–water partition coefficient (Wildman–Crippen LogP) is 1.14. The van der Waals surface area contributed by atoms with Crippen LogP contribution >= 0.6 is 0 Å². The van der Waals surface area contributed by atoms with Gasteiger partial charge in [0.25, 0.3) is 0 Å². The van der Waals surface area contributed by atoms with E-state index in [1.807, 2.05) is 24.3 Å². The molecule has 0 fully saturated rings. The van der Waals surface area contributed by atoms with E-state index >= 15 is 0 Å². The molecule has 0 bridgehead atoms. The first-order chi connectivity index (χ1) is 5.36. The van der Waals surface area contributed by atoms with Crippen molar-refractivity contribution in [3.05, 3.63) is 36.4 Å². The largest absolute Gasteiger partial charge is 0.483 e. The molecular weight excluding hydrogens is 140 g/mol. The van der Waals surface area contributed by atoms with Gasteiger partial charge in [-0.3, -0.25) is 0 Å². The van der Waals surface area contributed by atoms with Gasteiger partial charge >= 0.3 is 0 Å². The Morgan fingerprint density at radius 3 is 3.09 bits per heavy atom. The molecule has 1 atom stereocenters. The average Bonchev–Trinajstić information content (AvgIpc) is 2.04. The Kier molecular flexibility index (Phi) is 1.55. The van der Waals surface area contributed by atoms with Crippen LogP contribution in [0.3, 0.4) is 0 Å². The zero-order valence-corrected chi connectivity index (χ0v) is 6.03. The van der Waals surface area contributed by atoms with Crippen LogP contribution < -0.4 is 4.74 Å². The average molecular weight is 149 g/mol. The van der Waals surface area contributed by atoms with Crippen LogP contribution in [0.1, 0.15) is 5.56 Å². The third-order valence-electron chi connectivity index (χ3n) is 1.75. The van der Waals surface area contributed by atoms with Gasteiger partial charge in [0, 0.05) is 6.42 Å². The number of aliphatic hydroxyl groups is 1. The molecule has 0 spiro atoms. The van der Waals surface area contributed by atoms with E-state index in [-0.39, 0.29) is 0 Å². The molecule has 0 saturated heterocycles. The van der Waals surface area contributed by atoms with E-state index < -0.39 is 6.10 Å². The van der Waals surface area contributed by atoms with Crippen molar-refractivity contribution >= 4 is 0 Å². The van der Waals surface area contributed by atoms with Crippen LogP contribution in [0.15, 0.2) is 24.3 Å². The molecule has 0 aromatic heterocycles. The number of rotatable bonds is 0. The Morgan fingerprint density at radius 1 is 1.36 bits per heavy atom. The normalized spacial score (nSPS) is 22.1. The fourth-order valence-electron chi connectivity index (χ4n) is 1.21. The molecule has 0 amide bonds. The smallest absolute Gasteiger partial charge is 0.164 e. The summed E-state index contributed by atoms with van der Waals surface area (Å²) in [5, 5.41) is 9.18. The van der Waals surface area contributed by atoms with Gasteiger partial charge < -0.3 is 9.84 Å². The van der Waals surface area contributed by atoms with Crippen molar-refractivity contribution in [3.8, 4) is 5.75 Å². The van der Waals surface area contributed by atoms with E-state index in [1.54, 1.807) is 0 Å². The molecule has 1 heterocycles. The summed E-state index contributed by atoms with van der Waals surface area (Å²) in [6.45, 7) is 1.46. The van der Waals surface area contributed by atoms with Gasteiger partial charge in [-0.1, -0.05) is 18.2 Å². The topological polar surface area (TPSA) is 29.5 Å². The molecule has 2 nitrogen and oxygen atoms in total. The molecule has 0 aliphatic carbocycles. The van der Waals surface area contributed by atoms with E-state index in [0.717, 1.165) is 11.3 Å². The lowest BCUT2D eigenvalue weighted by atomic mass is 10.1. The first kappa shape index (κ1) is 6.68. The minimum atomic E-state index is -0.454. The third kappa shape index (κ3) is 1.21. The number of fused-ring (bicyclic) bond motifs is 1. The number of aliphatic hydroxyl groups excluding tert-OH is 1. The lowest BCUT2D eigenvalue weighted by molar-refractivity contribution is 0.139. The van der Waals surface area contributed by atoms with Crippen molar-refractivity contribution in [2.45, 2.75) is 12.5 Å². The Hall–Kier alpha value is -1.02. The fraction of sp³-hybridized carbons (Fsp3) is 0.222. The van der Waals surface area contributed by atoms with Crippen molar-refractivity contribution in [2.75, 3.05) is 0 Å². The summed E-state index contributed by atoms with van der Waals surface area (Å²) in [6, 6.07) is 7.73. The number of benzene rings is 1. The van der Waals surface area contributed by atoms with Crippen molar-refractivity contribution in [1.82, 2.24) is 0 Å². The van der Waals surface area contributed by atoms with Gasteiger partial charge in [0.05, 0.1) is 6.10 Å². The zero-order chi connectivity index (χ0) is 7.68. The van der Waals surface area contributed by atoms with E-state index in [1.165, 1.54) is 6.61 Å². The number of hydrogen-bond donors (Lipinski definition) is 1. The Balaban J connectivity index is 2.34. The molecule has 1 aliphatic heterocycles. The predicted molar refractivity (Wildman–Crippen MR) is 41.1 cm³/mol. The minimum Gasteiger partial charge on any atom is -0.483 e. The van der Waals surface area contributed by atoms with Gasteiger partial charge in [-0.2, -0.15) is 0 Å². The van der Waals surface area contributed by atoms with Gasteiger partial charge in [0.15, 0.2) is 6.61 Å². The van der Waals surface area contributed by atoms with Crippen LogP contribution in [0.25, 0.3) is 0 Å². The fourth-order valence-corrected chi connectivity index (χ4v) is 1.21. The Morgan fingerprint density at radius 2 is 2.18 bits per heavy atom. The molecular formula is C9H9O2. The molecule has 57 valence electrons. The number of para-hydroxylation sites is 1. The van der Waals surface area contributed by atoms with Crippen LogP contribution in [-0.4, -0.2) is 11.2 Å². The number of ether oxygens (including phenoxy) is 1. The monoisotopic (exact) mass is 149 g/mol. The summed E-state index contributed by atoms with van der Waals surface area (Å²) in [4.78, 5) is 0. The van der Waals surface area contributed by atoms with Crippen molar-refractivity contribution in [2.24, 2.45) is 0 Å². The van der Waals surface area contributed by atoms with Crippen LogP contribution in [0.5, 0.6) is 5.75 Å². The second-order valence-corrected chi connectivity index (χ2v) is 2.63. The number of hydrogen-bond acceptors (Lipinski definition) is 2. The van der Waals surface area contributed by atoms with Gasteiger partial charge in [0.2, 0.25) is 0 Å². The zero-order valence-electron chi connectivity index (χ0n) is 6.03. The summed E-state index contributed by atoms with van der Waals surface area (Å²) in [5.41, 5.74) is 1.07. The second kappa shape index (κ2) is 2.55. The highest BCUT2D eigenvalue weighted by Gasteiger charge is 2.16. The SMILES string of the molecule is OC1[CH]Oc2ccccc2C1. The van der Waals surface area contributed by atoms with Gasteiger partial charge in [-0.05, 0) is 11.6 Å². The van der Waals surface area contributed by atoms with E-state index in [0.29, 0.717) is 6.42 Å². The lowest BCUT2D eigenvalue weighted by Crippen LogP contribution is -2.20. The maximum absolute atomic E-state index is 9.18. The van der Waals surface area contributed by atoms with Crippen molar-refractivity contribution < 1.29 is 9.84 Å². The van der Waals surface area contributed by atoms with Crippen LogP contribution in [0, 0.1) is 6.61 Å². The van der Waals surface area contributed by atoms with Crippen LogP contribution in [-0.2, 0) is 6.42 Å². The molecule has 11 heavy (non-hydrogen) atoms.